The summed E-state index contributed by atoms with van der Waals surface area (Å²) in [5.74, 6) is -2.60. The lowest BCUT2D eigenvalue weighted by molar-refractivity contribution is -0.225. The summed E-state index contributed by atoms with van der Waals surface area (Å²) in [5.41, 5.74) is -1.14. The van der Waals surface area contributed by atoms with Crippen molar-refractivity contribution in [1.29, 1.82) is 0 Å². The van der Waals surface area contributed by atoms with Crippen LogP contribution in [0.1, 0.15) is 124 Å². The largest absolute Gasteiger partial charge is 0.460 e. The minimum atomic E-state index is -1.40. The first-order valence-corrected chi connectivity index (χ1v) is 21.5. The molecule has 8 atom stereocenters. The first-order valence-electron chi connectivity index (χ1n) is 20.4. The number of amides is 2. The van der Waals surface area contributed by atoms with Crippen LogP contribution in [-0.4, -0.2) is 106 Å². The summed E-state index contributed by atoms with van der Waals surface area (Å²) < 4.78 is 26.6. The lowest BCUT2D eigenvalue weighted by Gasteiger charge is -2.50. The summed E-state index contributed by atoms with van der Waals surface area (Å²) in [6, 6.07) is 5.32. The number of hydrogen-bond donors (Lipinski definition) is 2. The van der Waals surface area contributed by atoms with Gasteiger partial charge in [-0.2, -0.15) is 5.06 Å². The van der Waals surface area contributed by atoms with E-state index in [4.69, 9.17) is 23.8 Å². The number of ether oxygens (including phenoxy) is 4. The van der Waals surface area contributed by atoms with Crippen LogP contribution in [0.15, 0.2) is 24.3 Å². The van der Waals surface area contributed by atoms with Crippen LogP contribution >= 0.6 is 22.6 Å². The molecular formula is C41H60IN3O10. The number of fused-ring (bicyclic) bond motifs is 4. The molecule has 1 aliphatic carbocycles. The number of aliphatic hydroxyl groups excluding tert-OH is 1. The highest BCUT2D eigenvalue weighted by molar-refractivity contribution is 14.1. The van der Waals surface area contributed by atoms with Gasteiger partial charge in [0.25, 0.3) is 0 Å². The van der Waals surface area contributed by atoms with Crippen LogP contribution in [-0.2, 0) is 49.5 Å². The number of carbonyl (C=O) groups is 4. The number of halogens is 1. The molecule has 2 unspecified atom stereocenters. The van der Waals surface area contributed by atoms with E-state index in [2.05, 4.69) is 41.8 Å². The highest BCUT2D eigenvalue weighted by Gasteiger charge is 2.77. The number of likely N-dealkylation sites (tertiary alicyclic amines) is 1. The summed E-state index contributed by atoms with van der Waals surface area (Å²) in [4.78, 5) is 64.4. The van der Waals surface area contributed by atoms with Gasteiger partial charge < -0.3 is 34.3 Å². The van der Waals surface area contributed by atoms with Gasteiger partial charge in [-0.15, -0.1) is 0 Å². The molecule has 13 nitrogen and oxygen atoms in total. The molecular weight excluding hydrogens is 821 g/mol. The molecule has 4 heterocycles. The van der Waals surface area contributed by atoms with E-state index in [-0.39, 0.29) is 38.3 Å². The van der Waals surface area contributed by atoms with Gasteiger partial charge >= 0.3 is 11.9 Å². The molecule has 5 fully saturated rings. The van der Waals surface area contributed by atoms with E-state index in [1.54, 1.807) is 30.7 Å². The van der Waals surface area contributed by atoms with Crippen molar-refractivity contribution in [3.63, 3.8) is 0 Å². The molecule has 0 spiro atoms. The van der Waals surface area contributed by atoms with Crippen molar-refractivity contribution >= 4 is 46.3 Å². The number of esters is 2. The Balaban J connectivity index is 1.29. The summed E-state index contributed by atoms with van der Waals surface area (Å²) in [7, 11) is 0. The second-order valence-electron chi connectivity index (χ2n) is 17.0. The zero-order valence-corrected chi connectivity index (χ0v) is 35.2. The Hall–Kier alpha value is -2.37. The van der Waals surface area contributed by atoms with E-state index in [0.717, 1.165) is 47.7 Å². The SMILES string of the molecule is CCCCCC1(CCCCC)O[C@@H]2[C@H]3ON(Cc4ccc(I)cc4)[C@H]4C(=O)OC(CC34C(=O)N3CCC[C@@H]3C(=O)N[C@H](CO)CCC(=O)OC(C)(C)C)[C@@H]2O1. The second kappa shape index (κ2) is 17.6. The first-order chi connectivity index (χ1) is 26.2. The van der Waals surface area contributed by atoms with E-state index in [9.17, 15) is 19.5 Å². The van der Waals surface area contributed by atoms with Gasteiger partial charge in [0.2, 0.25) is 11.8 Å². The lowest BCUT2D eigenvalue weighted by atomic mass is 9.62. The smallest absolute Gasteiger partial charge is 0.327 e. The topological polar surface area (TPSA) is 153 Å². The number of hydroxylamine groups is 2. The number of nitrogens with one attached hydrogen (secondary N) is 1. The third-order valence-corrected chi connectivity index (χ3v) is 12.4. The third-order valence-electron chi connectivity index (χ3n) is 11.7. The number of benzene rings is 1. The van der Waals surface area contributed by atoms with E-state index in [0.29, 0.717) is 32.2 Å². The zero-order chi connectivity index (χ0) is 39.5. The van der Waals surface area contributed by atoms with E-state index < -0.39 is 77.2 Å². The van der Waals surface area contributed by atoms with Crippen molar-refractivity contribution in [2.24, 2.45) is 5.41 Å². The van der Waals surface area contributed by atoms with Crippen LogP contribution in [0.4, 0.5) is 0 Å². The van der Waals surface area contributed by atoms with Gasteiger partial charge in [0.05, 0.1) is 19.2 Å². The van der Waals surface area contributed by atoms with Gasteiger partial charge in [0.1, 0.15) is 41.5 Å². The molecule has 14 heteroatoms. The molecule has 0 radical (unpaired) electrons. The van der Waals surface area contributed by atoms with Gasteiger partial charge in [-0.25, -0.2) is 0 Å². The standard InChI is InChI=1S/C41H60IN3O10/c1-6-8-10-20-40(21-11-9-7-2)53-32-30-23-41(34(37(49)51-30)45(55-35(41)33(32)54-40)24-26-14-16-27(42)17-15-26)38(50)44-22-12-13-29(44)36(48)43-28(25-46)18-19-31(47)52-39(3,4)5/h14-17,28-30,32-35,46H,6-13,18-25H2,1-5H3,(H,43,48)/t28-,29+,30?,32-,33-,34-,35+,41?/m0/s1. The van der Waals surface area contributed by atoms with Crippen LogP contribution in [0.25, 0.3) is 0 Å². The van der Waals surface area contributed by atoms with Crippen LogP contribution in [0.3, 0.4) is 0 Å². The number of aliphatic hydroxyl groups is 1. The molecule has 2 N–H and O–H groups in total. The first kappa shape index (κ1) is 42.2. The Kier molecular flexibility index (Phi) is 13.5. The molecule has 2 bridgehead atoms. The number of hydrogen-bond acceptors (Lipinski definition) is 11. The summed E-state index contributed by atoms with van der Waals surface area (Å²) >= 11 is 2.25. The van der Waals surface area contributed by atoms with Gasteiger partial charge in [0, 0.05) is 35.8 Å². The van der Waals surface area contributed by atoms with Crippen molar-refractivity contribution in [3.05, 3.63) is 33.4 Å². The van der Waals surface area contributed by atoms with Crippen molar-refractivity contribution in [2.45, 2.75) is 179 Å². The molecule has 6 rings (SSSR count). The molecule has 4 aliphatic heterocycles. The molecule has 1 aromatic carbocycles. The maximum Gasteiger partial charge on any atom is 0.327 e. The number of rotatable bonds is 17. The summed E-state index contributed by atoms with van der Waals surface area (Å²) in [5, 5.41) is 14.6. The zero-order valence-electron chi connectivity index (χ0n) is 33.1. The highest BCUT2D eigenvalue weighted by atomic mass is 127. The average molecular weight is 882 g/mol. The Morgan fingerprint density at radius 2 is 1.71 bits per heavy atom. The fourth-order valence-electron chi connectivity index (χ4n) is 9.19. The fourth-order valence-corrected chi connectivity index (χ4v) is 9.55. The quantitative estimate of drug-likeness (QED) is 0.119. The molecule has 55 heavy (non-hydrogen) atoms. The maximum atomic E-state index is 15.4. The van der Waals surface area contributed by atoms with Crippen molar-refractivity contribution in [1.82, 2.24) is 15.3 Å². The predicted molar refractivity (Wildman–Crippen MR) is 210 cm³/mol. The van der Waals surface area contributed by atoms with Crippen molar-refractivity contribution < 1.29 is 48.1 Å². The molecule has 4 saturated heterocycles. The normalized spacial score (nSPS) is 30.2. The Bertz CT molecular complexity index is 1530. The van der Waals surface area contributed by atoms with E-state index in [1.807, 2.05) is 24.3 Å². The van der Waals surface area contributed by atoms with Crippen molar-refractivity contribution in [2.75, 3.05) is 13.2 Å². The van der Waals surface area contributed by atoms with Gasteiger partial charge in [0.15, 0.2) is 11.8 Å². The van der Waals surface area contributed by atoms with E-state index >= 15 is 4.79 Å². The van der Waals surface area contributed by atoms with Crippen LogP contribution < -0.4 is 5.32 Å². The minimum absolute atomic E-state index is 0.0167. The van der Waals surface area contributed by atoms with Gasteiger partial charge in [-0.3, -0.25) is 24.0 Å². The third kappa shape index (κ3) is 9.04. The molecule has 5 aliphatic rings. The minimum Gasteiger partial charge on any atom is -0.460 e. The second-order valence-corrected chi connectivity index (χ2v) is 18.3. The molecule has 1 aromatic rings. The molecule has 2 amide bonds. The predicted octanol–water partition coefficient (Wildman–Crippen LogP) is 5.32. The number of unbranched alkanes of at least 4 members (excludes halogenated alkanes) is 4. The van der Waals surface area contributed by atoms with E-state index in [1.165, 1.54) is 0 Å². The maximum absolute atomic E-state index is 15.4. The number of carbonyl (C=O) groups excluding carboxylic acids is 4. The molecule has 0 aromatic heterocycles. The Morgan fingerprint density at radius 1 is 1.04 bits per heavy atom. The van der Waals surface area contributed by atoms with Crippen LogP contribution in [0.2, 0.25) is 0 Å². The lowest BCUT2D eigenvalue weighted by Crippen LogP contribution is -2.70. The molecule has 306 valence electrons. The Labute approximate surface area is 338 Å². The highest BCUT2D eigenvalue weighted by Crippen LogP contribution is 2.59. The van der Waals surface area contributed by atoms with Gasteiger partial charge in [-0.05, 0) is 93.2 Å². The monoisotopic (exact) mass is 881 g/mol. The molecule has 1 saturated carbocycles. The average Bonchev–Trinajstić information content (AvgIpc) is 3.86. The number of nitrogens with zero attached hydrogens (tertiary/aromatic N) is 2. The van der Waals surface area contributed by atoms with Crippen LogP contribution in [0, 0.1) is 8.99 Å². The summed E-state index contributed by atoms with van der Waals surface area (Å²) in [6.07, 6.45) is 5.88. The van der Waals surface area contributed by atoms with Crippen molar-refractivity contribution in [3.8, 4) is 0 Å². The fraction of sp³-hybridized carbons (Fsp3) is 0.756. The Morgan fingerprint density at radius 3 is 2.35 bits per heavy atom. The summed E-state index contributed by atoms with van der Waals surface area (Å²) in [6.45, 7) is 9.84. The van der Waals surface area contributed by atoms with Gasteiger partial charge in [-0.1, -0.05) is 51.7 Å². The van der Waals surface area contributed by atoms with Crippen LogP contribution in [0.5, 0.6) is 0 Å².